The second-order valence-corrected chi connectivity index (χ2v) is 9.61. The molecule has 0 unspecified atom stereocenters. The fourth-order valence-electron chi connectivity index (χ4n) is 5.35. The number of ether oxygens (including phenoxy) is 1. The van der Waals surface area contributed by atoms with E-state index in [2.05, 4.69) is 75.1 Å². The first-order chi connectivity index (χ1) is 18.8. The van der Waals surface area contributed by atoms with E-state index in [1.165, 1.54) is 30.3 Å². The van der Waals surface area contributed by atoms with Gasteiger partial charge >= 0.3 is 21.1 Å². The molecule has 1 fully saturated rings. The van der Waals surface area contributed by atoms with E-state index in [1.807, 2.05) is 42.6 Å². The Hall–Kier alpha value is -3.95. The number of para-hydroxylation sites is 1. The van der Waals surface area contributed by atoms with Gasteiger partial charge in [0.1, 0.15) is 5.82 Å². The Labute approximate surface area is 242 Å². The number of benzene rings is 3. The van der Waals surface area contributed by atoms with Crippen LogP contribution >= 0.6 is 0 Å². The van der Waals surface area contributed by atoms with Crippen molar-refractivity contribution in [3.8, 4) is 28.6 Å². The first-order valence-electron chi connectivity index (χ1n) is 13.1. The molecular formula is C33H26N4OPt. The van der Waals surface area contributed by atoms with Crippen LogP contribution in [0.25, 0.3) is 38.8 Å². The van der Waals surface area contributed by atoms with E-state index in [0.29, 0.717) is 11.6 Å². The molecule has 0 aliphatic carbocycles. The van der Waals surface area contributed by atoms with Gasteiger partial charge in [-0.25, -0.2) is 21.1 Å². The van der Waals surface area contributed by atoms with Crippen LogP contribution in [0.2, 0.25) is 0 Å². The molecule has 0 bridgehead atoms. The monoisotopic (exact) mass is 689 g/mol. The van der Waals surface area contributed by atoms with Gasteiger partial charge in [0, 0.05) is 54.6 Å². The van der Waals surface area contributed by atoms with E-state index in [9.17, 15) is 0 Å². The Bertz CT molecular complexity index is 1740. The zero-order chi connectivity index (χ0) is 25.3. The third-order valence-corrected chi connectivity index (χ3v) is 7.17. The van der Waals surface area contributed by atoms with Crippen molar-refractivity contribution in [2.24, 2.45) is 0 Å². The molecule has 0 N–H and O–H groups in total. The number of pyridine rings is 2. The average Bonchev–Trinajstić information content (AvgIpc) is 3.32. The zero-order valence-electron chi connectivity index (χ0n) is 21.3. The second-order valence-electron chi connectivity index (χ2n) is 9.61. The van der Waals surface area contributed by atoms with E-state index in [0.717, 1.165) is 46.5 Å². The molecule has 1 aliphatic heterocycles. The van der Waals surface area contributed by atoms with Crippen LogP contribution in [0.3, 0.4) is 0 Å². The van der Waals surface area contributed by atoms with E-state index < -0.39 is 0 Å². The molecule has 0 spiro atoms. The standard InChI is InChI=1S/C33H26N4O.Pt/c1-6-19-36(20-7-1)26-16-18-34-32(23-26)37-30-12-3-2-11-28(30)29-15-14-25(22-31(29)37)24-9-8-10-27(21-24)38-33-13-4-5-17-35-33;/h2-5,8-18,23H,1,6-7,19-20H2;/q-2;+2. The van der Waals surface area contributed by atoms with Crippen molar-refractivity contribution in [3.05, 3.63) is 109 Å². The third-order valence-electron chi connectivity index (χ3n) is 7.17. The summed E-state index contributed by atoms with van der Waals surface area (Å²) in [6.07, 6.45) is 7.43. The van der Waals surface area contributed by atoms with E-state index in [4.69, 9.17) is 9.72 Å². The number of piperidine rings is 1. The fourth-order valence-corrected chi connectivity index (χ4v) is 5.35. The molecule has 194 valence electrons. The molecule has 5 nitrogen and oxygen atoms in total. The first kappa shape index (κ1) is 25.3. The summed E-state index contributed by atoms with van der Waals surface area (Å²) in [6.45, 7) is 2.19. The number of fused-ring (bicyclic) bond motifs is 3. The molecule has 39 heavy (non-hydrogen) atoms. The van der Waals surface area contributed by atoms with Gasteiger partial charge in [-0.3, -0.25) is 0 Å². The molecule has 0 radical (unpaired) electrons. The van der Waals surface area contributed by atoms with Crippen LogP contribution in [0.5, 0.6) is 11.6 Å². The van der Waals surface area contributed by atoms with Crippen LogP contribution in [-0.2, 0) is 21.1 Å². The van der Waals surface area contributed by atoms with Gasteiger partial charge in [0.25, 0.3) is 0 Å². The van der Waals surface area contributed by atoms with Gasteiger partial charge in [0.15, 0.2) is 0 Å². The van der Waals surface area contributed by atoms with Crippen molar-refractivity contribution < 1.29 is 25.8 Å². The van der Waals surface area contributed by atoms with Gasteiger partial charge in [-0.2, -0.15) is 24.3 Å². The largest absolute Gasteiger partial charge is 2.00 e. The van der Waals surface area contributed by atoms with Crippen molar-refractivity contribution in [2.45, 2.75) is 19.3 Å². The SMILES string of the molecule is [Pt+2].[c-]1c(Oc2ccccn2)cccc1-c1[c-]c2c(cc1)c1ccccc1n2-c1cc(N2CCCCC2)ccn1. The summed E-state index contributed by atoms with van der Waals surface area (Å²) in [6, 6.07) is 35.7. The molecular weight excluding hydrogens is 663 g/mol. The molecule has 1 saturated heterocycles. The predicted molar refractivity (Wildman–Crippen MR) is 152 cm³/mol. The van der Waals surface area contributed by atoms with Crippen LogP contribution in [0.1, 0.15) is 19.3 Å². The van der Waals surface area contributed by atoms with E-state index in [1.54, 1.807) is 6.20 Å². The van der Waals surface area contributed by atoms with Crippen molar-refractivity contribution in [1.29, 1.82) is 0 Å². The topological polar surface area (TPSA) is 43.2 Å². The number of aromatic nitrogens is 3. The summed E-state index contributed by atoms with van der Waals surface area (Å²) in [5, 5.41) is 2.34. The van der Waals surface area contributed by atoms with Gasteiger partial charge in [0.05, 0.1) is 0 Å². The van der Waals surface area contributed by atoms with Gasteiger partial charge in [-0.1, -0.05) is 29.7 Å². The molecule has 0 atom stereocenters. The van der Waals surface area contributed by atoms with Crippen LogP contribution < -0.4 is 9.64 Å². The molecule has 6 aromatic rings. The van der Waals surface area contributed by atoms with Gasteiger partial charge in [-0.15, -0.1) is 18.2 Å². The maximum absolute atomic E-state index is 5.94. The Morgan fingerprint density at radius 3 is 2.41 bits per heavy atom. The average molecular weight is 690 g/mol. The van der Waals surface area contributed by atoms with Crippen LogP contribution in [0, 0.1) is 12.1 Å². The van der Waals surface area contributed by atoms with E-state index >= 15 is 0 Å². The van der Waals surface area contributed by atoms with Crippen LogP contribution in [0.4, 0.5) is 5.69 Å². The Morgan fingerprint density at radius 2 is 1.54 bits per heavy atom. The fraction of sp³-hybridized carbons (Fsp3) is 0.152. The molecule has 7 rings (SSSR count). The maximum Gasteiger partial charge on any atom is 2.00 e. The molecule has 4 heterocycles. The number of anilines is 1. The number of hydrogen-bond donors (Lipinski definition) is 0. The summed E-state index contributed by atoms with van der Waals surface area (Å²) >= 11 is 0. The minimum absolute atomic E-state index is 0. The summed E-state index contributed by atoms with van der Waals surface area (Å²) in [5.41, 5.74) is 5.20. The Morgan fingerprint density at radius 1 is 0.692 bits per heavy atom. The van der Waals surface area contributed by atoms with Gasteiger partial charge in [0.2, 0.25) is 5.88 Å². The summed E-state index contributed by atoms with van der Waals surface area (Å²) in [7, 11) is 0. The molecule has 3 aromatic heterocycles. The normalized spacial score (nSPS) is 13.4. The quantitative estimate of drug-likeness (QED) is 0.175. The van der Waals surface area contributed by atoms with Gasteiger partial charge < -0.3 is 14.2 Å². The van der Waals surface area contributed by atoms with Crippen molar-refractivity contribution in [1.82, 2.24) is 14.5 Å². The predicted octanol–water partition coefficient (Wildman–Crippen LogP) is 7.62. The number of nitrogens with zero attached hydrogens (tertiary/aromatic N) is 4. The van der Waals surface area contributed by atoms with Gasteiger partial charge in [-0.05, 0) is 48.4 Å². The number of rotatable bonds is 5. The molecule has 3 aromatic carbocycles. The molecule has 0 saturated carbocycles. The van der Waals surface area contributed by atoms with Crippen molar-refractivity contribution in [3.63, 3.8) is 0 Å². The minimum Gasteiger partial charge on any atom is -0.460 e. The van der Waals surface area contributed by atoms with Crippen LogP contribution in [-0.4, -0.2) is 27.6 Å². The molecule has 6 heteroatoms. The zero-order valence-corrected chi connectivity index (χ0v) is 23.6. The van der Waals surface area contributed by atoms with E-state index in [-0.39, 0.29) is 21.1 Å². The molecule has 0 amide bonds. The Kier molecular flexibility index (Phi) is 7.17. The number of hydrogen-bond acceptors (Lipinski definition) is 4. The van der Waals surface area contributed by atoms with Crippen LogP contribution in [0.15, 0.2) is 97.3 Å². The summed E-state index contributed by atoms with van der Waals surface area (Å²) in [4.78, 5) is 11.6. The molecule has 1 aliphatic rings. The third kappa shape index (κ3) is 4.95. The first-order valence-corrected chi connectivity index (χ1v) is 13.1. The summed E-state index contributed by atoms with van der Waals surface area (Å²) in [5.74, 6) is 2.06. The summed E-state index contributed by atoms with van der Waals surface area (Å²) < 4.78 is 8.17. The van der Waals surface area contributed by atoms with Crippen molar-refractivity contribution >= 4 is 27.5 Å². The Balaban J connectivity index is 0.00000277. The maximum atomic E-state index is 5.94. The smallest absolute Gasteiger partial charge is 0.460 e. The minimum atomic E-state index is 0. The second kappa shape index (κ2) is 11.0. The van der Waals surface area contributed by atoms with Crippen molar-refractivity contribution in [2.75, 3.05) is 18.0 Å².